The molecule has 0 bridgehead atoms. The first-order valence-corrected chi connectivity index (χ1v) is 7.52. The lowest BCUT2D eigenvalue weighted by molar-refractivity contribution is 0.418. The SMILES string of the molecule is CCNC(C)c1ccc(Br)cc1Oc1cc(C)nn1C. The second kappa shape index (κ2) is 6.41. The zero-order chi connectivity index (χ0) is 14.7. The Balaban J connectivity index is 2.34. The summed E-state index contributed by atoms with van der Waals surface area (Å²) in [6.45, 7) is 7.10. The molecule has 20 heavy (non-hydrogen) atoms. The normalized spacial score (nSPS) is 12.4. The molecule has 1 unspecified atom stereocenters. The van der Waals surface area contributed by atoms with E-state index < -0.39 is 0 Å². The molecule has 0 fully saturated rings. The van der Waals surface area contributed by atoms with E-state index in [1.165, 1.54) is 0 Å². The molecule has 0 aliphatic carbocycles. The largest absolute Gasteiger partial charge is 0.439 e. The molecule has 1 heterocycles. The van der Waals surface area contributed by atoms with Crippen molar-refractivity contribution < 1.29 is 4.74 Å². The molecule has 4 nitrogen and oxygen atoms in total. The van der Waals surface area contributed by atoms with Crippen molar-refractivity contribution in [2.24, 2.45) is 7.05 Å². The minimum atomic E-state index is 0.234. The van der Waals surface area contributed by atoms with Crippen LogP contribution in [0.15, 0.2) is 28.7 Å². The molecule has 1 N–H and O–H groups in total. The third-order valence-electron chi connectivity index (χ3n) is 3.13. The second-order valence-corrected chi connectivity index (χ2v) is 5.73. The van der Waals surface area contributed by atoms with E-state index in [4.69, 9.17) is 4.74 Å². The first-order chi connectivity index (χ1) is 9.51. The maximum atomic E-state index is 6.04. The molecule has 0 aliphatic rings. The average molecular weight is 338 g/mol. The van der Waals surface area contributed by atoms with Gasteiger partial charge in [0.05, 0.1) is 5.69 Å². The fourth-order valence-corrected chi connectivity index (χ4v) is 2.51. The van der Waals surface area contributed by atoms with Crippen LogP contribution in [0.2, 0.25) is 0 Å². The number of ether oxygens (including phenoxy) is 1. The third-order valence-corrected chi connectivity index (χ3v) is 3.62. The second-order valence-electron chi connectivity index (χ2n) is 4.81. The van der Waals surface area contributed by atoms with Crippen LogP contribution in [0.1, 0.15) is 31.1 Å². The van der Waals surface area contributed by atoms with Gasteiger partial charge in [-0.1, -0.05) is 28.9 Å². The van der Waals surface area contributed by atoms with Crippen LogP contribution in [0.5, 0.6) is 11.6 Å². The predicted molar refractivity (Wildman–Crippen MR) is 84.3 cm³/mol. The summed E-state index contributed by atoms with van der Waals surface area (Å²) in [5.74, 6) is 1.58. The van der Waals surface area contributed by atoms with Crippen LogP contribution < -0.4 is 10.1 Å². The number of halogens is 1. The first kappa shape index (κ1) is 15.1. The van der Waals surface area contributed by atoms with Crippen LogP contribution in [-0.4, -0.2) is 16.3 Å². The maximum absolute atomic E-state index is 6.04. The molecule has 0 radical (unpaired) electrons. The van der Waals surface area contributed by atoms with Crippen molar-refractivity contribution in [1.29, 1.82) is 0 Å². The van der Waals surface area contributed by atoms with Gasteiger partial charge >= 0.3 is 0 Å². The molecular weight excluding hydrogens is 318 g/mol. The van der Waals surface area contributed by atoms with Gasteiger partial charge in [0.1, 0.15) is 5.75 Å². The maximum Gasteiger partial charge on any atom is 0.217 e. The molecular formula is C15H20BrN3O. The molecule has 0 spiro atoms. The fraction of sp³-hybridized carbons (Fsp3) is 0.400. The summed E-state index contributed by atoms with van der Waals surface area (Å²) in [6, 6.07) is 8.27. The van der Waals surface area contributed by atoms with Crippen molar-refractivity contribution in [3.8, 4) is 11.6 Å². The quantitative estimate of drug-likeness (QED) is 0.897. The molecule has 108 valence electrons. The average Bonchev–Trinajstić information content (AvgIpc) is 2.68. The number of aromatic nitrogens is 2. The van der Waals surface area contributed by atoms with Gasteiger partial charge in [0.15, 0.2) is 0 Å². The summed E-state index contributed by atoms with van der Waals surface area (Å²) in [7, 11) is 1.88. The van der Waals surface area contributed by atoms with Crippen LogP contribution in [-0.2, 0) is 7.05 Å². The Kier molecular flexibility index (Phi) is 4.83. The van der Waals surface area contributed by atoms with Crippen molar-refractivity contribution in [2.75, 3.05) is 6.54 Å². The molecule has 2 aromatic rings. The highest BCUT2D eigenvalue weighted by Gasteiger charge is 2.14. The summed E-state index contributed by atoms with van der Waals surface area (Å²) < 4.78 is 8.79. The molecule has 1 aromatic carbocycles. The Labute approximate surface area is 128 Å². The van der Waals surface area contributed by atoms with E-state index in [-0.39, 0.29) is 6.04 Å². The molecule has 0 amide bonds. The van der Waals surface area contributed by atoms with Crippen molar-refractivity contribution >= 4 is 15.9 Å². The standard InChI is InChI=1S/C15H20BrN3O/c1-5-17-11(3)13-7-6-12(16)9-14(13)20-15-8-10(2)18-19(15)4/h6-9,11,17H,5H2,1-4H3. The molecule has 1 atom stereocenters. The Bertz CT molecular complexity index is 595. The van der Waals surface area contributed by atoms with E-state index in [2.05, 4.69) is 46.3 Å². The van der Waals surface area contributed by atoms with Gasteiger partial charge in [0.25, 0.3) is 0 Å². The van der Waals surface area contributed by atoms with Gasteiger partial charge < -0.3 is 10.1 Å². The van der Waals surface area contributed by atoms with Gasteiger partial charge in [-0.15, -0.1) is 0 Å². The summed E-state index contributed by atoms with van der Waals surface area (Å²) in [6.07, 6.45) is 0. The summed E-state index contributed by atoms with van der Waals surface area (Å²) in [4.78, 5) is 0. The smallest absolute Gasteiger partial charge is 0.217 e. The molecule has 5 heteroatoms. The van der Waals surface area contributed by atoms with Crippen LogP contribution >= 0.6 is 15.9 Å². The van der Waals surface area contributed by atoms with E-state index in [0.717, 1.165) is 33.9 Å². The van der Waals surface area contributed by atoms with E-state index in [0.29, 0.717) is 0 Å². The Morgan fingerprint density at radius 2 is 2.15 bits per heavy atom. The van der Waals surface area contributed by atoms with Crippen LogP contribution in [0, 0.1) is 6.92 Å². The van der Waals surface area contributed by atoms with E-state index >= 15 is 0 Å². The van der Waals surface area contributed by atoms with Crippen LogP contribution in [0.4, 0.5) is 0 Å². The Morgan fingerprint density at radius 3 is 2.75 bits per heavy atom. The number of hydrogen-bond acceptors (Lipinski definition) is 3. The van der Waals surface area contributed by atoms with E-state index in [9.17, 15) is 0 Å². The molecule has 2 rings (SSSR count). The first-order valence-electron chi connectivity index (χ1n) is 6.72. The highest BCUT2D eigenvalue weighted by Crippen LogP contribution is 2.32. The molecule has 0 aliphatic heterocycles. The van der Waals surface area contributed by atoms with Gasteiger partial charge in [-0.3, -0.25) is 0 Å². The van der Waals surface area contributed by atoms with Crippen molar-refractivity contribution in [3.63, 3.8) is 0 Å². The number of rotatable bonds is 5. The molecule has 1 aromatic heterocycles. The number of nitrogens with one attached hydrogen (secondary N) is 1. The van der Waals surface area contributed by atoms with Crippen molar-refractivity contribution in [3.05, 3.63) is 40.0 Å². The minimum absolute atomic E-state index is 0.234. The van der Waals surface area contributed by atoms with Gasteiger partial charge in [-0.05, 0) is 32.5 Å². The summed E-state index contributed by atoms with van der Waals surface area (Å²) in [5.41, 5.74) is 2.08. The minimum Gasteiger partial charge on any atom is -0.439 e. The zero-order valence-corrected chi connectivity index (χ0v) is 13.9. The van der Waals surface area contributed by atoms with Crippen LogP contribution in [0.3, 0.4) is 0 Å². The summed E-state index contributed by atoms with van der Waals surface area (Å²) in [5, 5.41) is 7.71. The van der Waals surface area contributed by atoms with Gasteiger partial charge in [-0.25, -0.2) is 4.68 Å². The number of nitrogens with zero attached hydrogens (tertiary/aromatic N) is 2. The summed E-state index contributed by atoms with van der Waals surface area (Å²) >= 11 is 3.50. The highest BCUT2D eigenvalue weighted by molar-refractivity contribution is 9.10. The molecule has 0 saturated heterocycles. The number of aryl methyl sites for hydroxylation is 2. The monoisotopic (exact) mass is 337 g/mol. The topological polar surface area (TPSA) is 39.1 Å². The lowest BCUT2D eigenvalue weighted by Gasteiger charge is -2.17. The molecule has 0 saturated carbocycles. The Hall–Kier alpha value is -1.33. The van der Waals surface area contributed by atoms with E-state index in [1.807, 2.05) is 32.2 Å². The van der Waals surface area contributed by atoms with Gasteiger partial charge in [0, 0.05) is 29.2 Å². The number of hydrogen-bond donors (Lipinski definition) is 1. The van der Waals surface area contributed by atoms with Gasteiger partial charge in [-0.2, -0.15) is 5.10 Å². The Morgan fingerprint density at radius 1 is 1.40 bits per heavy atom. The van der Waals surface area contributed by atoms with E-state index in [1.54, 1.807) is 4.68 Å². The fourth-order valence-electron chi connectivity index (χ4n) is 2.17. The lowest BCUT2D eigenvalue weighted by atomic mass is 10.1. The van der Waals surface area contributed by atoms with Crippen molar-refractivity contribution in [2.45, 2.75) is 26.8 Å². The third kappa shape index (κ3) is 3.41. The van der Waals surface area contributed by atoms with Crippen LogP contribution in [0.25, 0.3) is 0 Å². The predicted octanol–water partition coefficient (Wildman–Crippen LogP) is 3.95. The highest BCUT2D eigenvalue weighted by atomic mass is 79.9. The van der Waals surface area contributed by atoms with Crippen molar-refractivity contribution in [1.82, 2.24) is 15.1 Å². The zero-order valence-electron chi connectivity index (χ0n) is 12.3. The lowest BCUT2D eigenvalue weighted by Crippen LogP contribution is -2.18. The number of benzene rings is 1. The van der Waals surface area contributed by atoms with Gasteiger partial charge in [0.2, 0.25) is 5.88 Å².